The number of aliphatic hydroxyl groups is 1. The number of carbonyl (C=O) groups is 2. The summed E-state index contributed by atoms with van der Waals surface area (Å²) < 4.78 is 17.7. The number of amides is 1. The van der Waals surface area contributed by atoms with Gasteiger partial charge >= 0.3 is 12.1 Å². The molecule has 1 fully saturated rings. The highest BCUT2D eigenvalue weighted by molar-refractivity contribution is 7.99. The molecule has 0 saturated carbocycles. The van der Waals surface area contributed by atoms with E-state index in [9.17, 15) is 14.7 Å². The molecule has 3 aromatic carbocycles. The second-order valence-electron chi connectivity index (χ2n) is 8.63. The zero-order valence-corrected chi connectivity index (χ0v) is 21.4. The first-order chi connectivity index (χ1) is 18.4. The molecule has 8 nitrogen and oxygen atoms in total. The van der Waals surface area contributed by atoms with Crippen molar-refractivity contribution in [2.45, 2.75) is 36.4 Å². The van der Waals surface area contributed by atoms with Crippen LogP contribution in [0.4, 0.5) is 10.5 Å². The Morgan fingerprint density at radius 3 is 2.50 bits per heavy atom. The van der Waals surface area contributed by atoms with Crippen LogP contribution in [-0.4, -0.2) is 40.7 Å². The quantitative estimate of drug-likeness (QED) is 0.216. The van der Waals surface area contributed by atoms with Gasteiger partial charge < -0.3 is 24.4 Å². The van der Waals surface area contributed by atoms with Gasteiger partial charge in [-0.2, -0.15) is 0 Å². The Hall–Kier alpha value is -3.63. The third kappa shape index (κ3) is 7.45. The van der Waals surface area contributed by atoms with Crippen molar-refractivity contribution in [3.63, 3.8) is 0 Å². The molecule has 3 atom stereocenters. The first-order valence-electron chi connectivity index (χ1n) is 12.1. The highest BCUT2D eigenvalue weighted by atomic mass is 32.2. The summed E-state index contributed by atoms with van der Waals surface area (Å²) >= 11 is 1.58. The van der Waals surface area contributed by atoms with Crippen molar-refractivity contribution >= 4 is 29.5 Å². The van der Waals surface area contributed by atoms with E-state index in [2.05, 4.69) is 11.9 Å². The number of thioether (sulfide) groups is 1. The van der Waals surface area contributed by atoms with Crippen LogP contribution in [0.2, 0.25) is 0 Å². The SMILES string of the molecule is C=CCOC(=O)Nc1cccc([C@H]2O[C@@H](CSc3ccc(C(=O)O)cc3)C[C@@H](c3ccc(CO)cc3)O2)c1. The number of carboxylic acids is 1. The van der Waals surface area contributed by atoms with Gasteiger partial charge in [0.05, 0.1) is 24.4 Å². The van der Waals surface area contributed by atoms with Gasteiger partial charge in [-0.1, -0.05) is 49.1 Å². The van der Waals surface area contributed by atoms with Gasteiger partial charge in [-0.25, -0.2) is 9.59 Å². The van der Waals surface area contributed by atoms with Crippen molar-refractivity contribution < 1.29 is 34.0 Å². The van der Waals surface area contributed by atoms with E-state index in [1.165, 1.54) is 6.08 Å². The average Bonchev–Trinajstić information content (AvgIpc) is 2.95. The number of aliphatic hydroxyl groups excluding tert-OH is 1. The number of aromatic carboxylic acids is 1. The van der Waals surface area contributed by atoms with E-state index < -0.39 is 18.4 Å². The molecule has 0 spiro atoms. The van der Waals surface area contributed by atoms with Gasteiger partial charge in [-0.15, -0.1) is 11.8 Å². The Bertz CT molecular complexity index is 1250. The van der Waals surface area contributed by atoms with E-state index in [1.807, 2.05) is 30.3 Å². The van der Waals surface area contributed by atoms with Gasteiger partial charge in [0, 0.05) is 28.3 Å². The number of rotatable bonds is 10. The first-order valence-corrected chi connectivity index (χ1v) is 13.0. The molecule has 0 radical (unpaired) electrons. The fourth-order valence-corrected chi connectivity index (χ4v) is 4.88. The molecule has 1 saturated heterocycles. The molecular formula is C29H29NO7S. The van der Waals surface area contributed by atoms with E-state index in [4.69, 9.17) is 19.3 Å². The maximum Gasteiger partial charge on any atom is 0.411 e. The zero-order valence-electron chi connectivity index (χ0n) is 20.6. The molecule has 198 valence electrons. The lowest BCUT2D eigenvalue weighted by Crippen LogP contribution is -2.31. The van der Waals surface area contributed by atoms with Gasteiger partial charge in [0.1, 0.15) is 6.61 Å². The van der Waals surface area contributed by atoms with Crippen molar-refractivity contribution in [2.75, 3.05) is 17.7 Å². The molecule has 0 unspecified atom stereocenters. The number of nitrogens with one attached hydrogen (secondary N) is 1. The second-order valence-corrected chi connectivity index (χ2v) is 9.72. The number of hydrogen-bond acceptors (Lipinski definition) is 7. The largest absolute Gasteiger partial charge is 0.478 e. The number of anilines is 1. The molecule has 0 aliphatic carbocycles. The zero-order chi connectivity index (χ0) is 26.9. The molecule has 1 heterocycles. The summed E-state index contributed by atoms with van der Waals surface area (Å²) in [7, 11) is 0. The Morgan fingerprint density at radius 2 is 1.82 bits per heavy atom. The smallest absolute Gasteiger partial charge is 0.411 e. The highest BCUT2D eigenvalue weighted by Crippen LogP contribution is 2.40. The number of carboxylic acid groups (broad SMARTS) is 1. The lowest BCUT2D eigenvalue weighted by molar-refractivity contribution is -0.245. The summed E-state index contributed by atoms with van der Waals surface area (Å²) in [5.41, 5.74) is 3.31. The van der Waals surface area contributed by atoms with Crippen LogP contribution in [0.1, 0.15) is 45.9 Å². The van der Waals surface area contributed by atoms with Gasteiger partial charge in [0.15, 0.2) is 6.29 Å². The van der Waals surface area contributed by atoms with Crippen LogP contribution in [0.5, 0.6) is 0 Å². The minimum atomic E-state index is -0.960. The maximum absolute atomic E-state index is 12.0. The van der Waals surface area contributed by atoms with Crippen LogP contribution in [0.25, 0.3) is 0 Å². The minimum absolute atomic E-state index is 0.0352. The molecule has 1 aliphatic heterocycles. The Balaban J connectivity index is 1.51. The monoisotopic (exact) mass is 535 g/mol. The Kier molecular flexibility index (Phi) is 9.56. The normalized spacial score (nSPS) is 18.9. The molecule has 9 heteroatoms. The van der Waals surface area contributed by atoms with Crippen LogP contribution >= 0.6 is 11.8 Å². The third-order valence-electron chi connectivity index (χ3n) is 5.89. The van der Waals surface area contributed by atoms with Crippen molar-refractivity contribution in [3.8, 4) is 0 Å². The third-order valence-corrected chi connectivity index (χ3v) is 7.03. The topological polar surface area (TPSA) is 114 Å². The highest BCUT2D eigenvalue weighted by Gasteiger charge is 2.32. The number of benzene rings is 3. The van der Waals surface area contributed by atoms with Crippen LogP contribution in [0, 0.1) is 0 Å². The van der Waals surface area contributed by atoms with Crippen LogP contribution in [0.15, 0.2) is 90.3 Å². The second kappa shape index (κ2) is 13.3. The first kappa shape index (κ1) is 27.4. The number of ether oxygens (including phenoxy) is 3. The summed E-state index contributed by atoms with van der Waals surface area (Å²) in [5.74, 6) is -0.332. The summed E-state index contributed by atoms with van der Waals surface area (Å²) in [4.78, 5) is 24.1. The van der Waals surface area contributed by atoms with Crippen LogP contribution in [-0.2, 0) is 20.8 Å². The van der Waals surface area contributed by atoms with E-state index >= 15 is 0 Å². The van der Waals surface area contributed by atoms with Crippen molar-refractivity contribution in [1.29, 1.82) is 0 Å². The average molecular weight is 536 g/mol. The molecule has 1 amide bonds. The predicted octanol–water partition coefficient (Wildman–Crippen LogP) is 5.95. The molecular weight excluding hydrogens is 506 g/mol. The van der Waals surface area contributed by atoms with Gasteiger partial charge in [-0.05, 0) is 47.5 Å². The number of hydrogen-bond donors (Lipinski definition) is 3. The molecule has 0 aromatic heterocycles. The van der Waals surface area contributed by atoms with Crippen LogP contribution in [0.3, 0.4) is 0 Å². The van der Waals surface area contributed by atoms with E-state index in [-0.39, 0.29) is 31.0 Å². The lowest BCUT2D eigenvalue weighted by Gasteiger charge is -2.36. The van der Waals surface area contributed by atoms with E-state index in [0.29, 0.717) is 17.9 Å². The predicted molar refractivity (Wildman–Crippen MR) is 144 cm³/mol. The van der Waals surface area contributed by atoms with E-state index in [1.54, 1.807) is 54.2 Å². The van der Waals surface area contributed by atoms with Crippen molar-refractivity contribution in [1.82, 2.24) is 0 Å². The van der Waals surface area contributed by atoms with Gasteiger partial charge in [0.25, 0.3) is 0 Å². The lowest BCUT2D eigenvalue weighted by atomic mass is 10.0. The minimum Gasteiger partial charge on any atom is -0.478 e. The fraction of sp³-hybridized carbons (Fsp3) is 0.241. The molecule has 3 N–H and O–H groups in total. The fourth-order valence-electron chi connectivity index (χ4n) is 3.96. The summed E-state index contributed by atoms with van der Waals surface area (Å²) in [6.45, 7) is 3.60. The molecule has 0 bridgehead atoms. The van der Waals surface area contributed by atoms with Crippen LogP contribution < -0.4 is 5.32 Å². The van der Waals surface area contributed by atoms with Crippen molar-refractivity contribution in [3.05, 3.63) is 108 Å². The standard InChI is InChI=1S/C29H29NO7S/c1-2-14-35-29(34)30-23-5-3-4-22(15-23)28-36-24(18-38-25-12-10-21(11-13-25)27(32)33)16-26(37-28)20-8-6-19(17-31)7-9-20/h2-13,15,24,26,28,31H,1,14,16-18H2,(H,30,34)(H,32,33)/t24-,26+,28+/m1/s1. The molecule has 38 heavy (non-hydrogen) atoms. The Morgan fingerprint density at radius 1 is 1.05 bits per heavy atom. The molecule has 4 rings (SSSR count). The van der Waals surface area contributed by atoms with Crippen molar-refractivity contribution in [2.24, 2.45) is 0 Å². The van der Waals surface area contributed by atoms with E-state index in [0.717, 1.165) is 21.6 Å². The van der Waals surface area contributed by atoms with Gasteiger partial charge in [0.2, 0.25) is 0 Å². The number of carbonyl (C=O) groups excluding carboxylic acids is 1. The van der Waals surface area contributed by atoms with Gasteiger partial charge in [-0.3, -0.25) is 5.32 Å². The Labute approximate surface area is 225 Å². The summed E-state index contributed by atoms with van der Waals surface area (Å²) in [5, 5.41) is 21.2. The summed E-state index contributed by atoms with van der Waals surface area (Å²) in [6, 6.07) is 21.6. The molecule has 1 aliphatic rings. The summed E-state index contributed by atoms with van der Waals surface area (Å²) in [6.07, 6.45) is 0.409. The maximum atomic E-state index is 12.0. The molecule has 3 aromatic rings.